The van der Waals surface area contributed by atoms with Gasteiger partial charge in [-0.2, -0.15) is 5.10 Å². The quantitative estimate of drug-likeness (QED) is 0.556. The Balaban J connectivity index is 1.41. The van der Waals surface area contributed by atoms with Gasteiger partial charge in [0, 0.05) is 43.7 Å². The maximum absolute atomic E-state index is 4.54. The van der Waals surface area contributed by atoms with Crippen molar-refractivity contribution in [2.24, 2.45) is 0 Å². The molecule has 0 atom stereocenters. The lowest BCUT2D eigenvalue weighted by molar-refractivity contribution is 0.870. The molecule has 1 fully saturated rings. The second-order valence-corrected chi connectivity index (χ2v) is 6.76. The van der Waals surface area contributed by atoms with Gasteiger partial charge in [0.2, 0.25) is 5.65 Å². The van der Waals surface area contributed by atoms with Crippen LogP contribution in [0, 0.1) is 0 Å². The van der Waals surface area contributed by atoms with Crippen LogP contribution in [-0.2, 0) is 6.54 Å². The molecule has 0 N–H and O–H groups in total. The molecule has 0 unspecified atom stereocenters. The second-order valence-electron chi connectivity index (χ2n) is 6.76. The lowest BCUT2D eigenvalue weighted by atomic mass is 10.3. The molecule has 3 heterocycles. The Morgan fingerprint density at radius 1 is 1.15 bits per heavy atom. The first-order chi connectivity index (χ1) is 12.8. The minimum atomic E-state index is 0.551. The molecule has 3 aromatic heterocycles. The highest BCUT2D eigenvalue weighted by Gasteiger charge is 2.29. The smallest absolute Gasteiger partial charge is 0.203 e. The topological polar surface area (TPSA) is 64.1 Å². The summed E-state index contributed by atoms with van der Waals surface area (Å²) in [4.78, 5) is 6.63. The number of rotatable bonds is 5. The molecule has 0 radical (unpaired) electrons. The van der Waals surface area contributed by atoms with Crippen LogP contribution in [0.5, 0.6) is 0 Å². The molecule has 4 aromatic rings. The van der Waals surface area contributed by atoms with Crippen LogP contribution in [0.1, 0.15) is 30.1 Å². The molecule has 1 saturated carbocycles. The molecule has 0 bridgehead atoms. The highest BCUT2D eigenvalue weighted by molar-refractivity contribution is 5.63. The molecule has 26 heavy (non-hydrogen) atoms. The Morgan fingerprint density at radius 2 is 2.00 bits per heavy atom. The van der Waals surface area contributed by atoms with Crippen LogP contribution in [0.2, 0.25) is 0 Å². The SMILES string of the molecule is CN(Cc1cnn(-c2ccccc2)c1)c1nccn2c(C3CC3)nnc12. The van der Waals surface area contributed by atoms with E-state index in [0.717, 1.165) is 28.5 Å². The minimum absolute atomic E-state index is 0.551. The molecule has 0 spiro atoms. The Labute approximate surface area is 150 Å². The normalized spacial score (nSPS) is 14.0. The van der Waals surface area contributed by atoms with E-state index >= 15 is 0 Å². The van der Waals surface area contributed by atoms with Crippen LogP contribution in [0.25, 0.3) is 11.3 Å². The number of aromatic nitrogens is 6. The predicted molar refractivity (Wildman–Crippen MR) is 98.4 cm³/mol. The van der Waals surface area contributed by atoms with Crippen LogP contribution in [0.3, 0.4) is 0 Å². The second kappa shape index (κ2) is 5.94. The van der Waals surface area contributed by atoms with Crippen LogP contribution >= 0.6 is 0 Å². The van der Waals surface area contributed by atoms with Gasteiger partial charge in [0.15, 0.2) is 5.82 Å². The lowest BCUT2D eigenvalue weighted by Gasteiger charge is -2.17. The Hall–Kier alpha value is -3.22. The first-order valence-corrected chi connectivity index (χ1v) is 8.79. The third-order valence-electron chi connectivity index (χ3n) is 4.72. The van der Waals surface area contributed by atoms with E-state index in [2.05, 4.69) is 29.6 Å². The first-order valence-electron chi connectivity index (χ1n) is 8.79. The number of nitrogens with zero attached hydrogens (tertiary/aromatic N) is 7. The van der Waals surface area contributed by atoms with Gasteiger partial charge in [-0.25, -0.2) is 9.67 Å². The number of fused-ring (bicyclic) bond motifs is 1. The Morgan fingerprint density at radius 3 is 2.81 bits per heavy atom. The maximum Gasteiger partial charge on any atom is 0.203 e. The number of para-hydroxylation sites is 1. The highest BCUT2D eigenvalue weighted by atomic mass is 15.3. The molecule has 0 amide bonds. The van der Waals surface area contributed by atoms with Crippen molar-refractivity contribution in [1.82, 2.24) is 29.4 Å². The molecule has 7 heteroatoms. The van der Waals surface area contributed by atoms with Crippen LogP contribution < -0.4 is 4.90 Å². The van der Waals surface area contributed by atoms with Crippen molar-refractivity contribution in [2.75, 3.05) is 11.9 Å². The van der Waals surface area contributed by atoms with Gasteiger partial charge < -0.3 is 4.90 Å². The number of hydrogen-bond donors (Lipinski definition) is 0. The van der Waals surface area contributed by atoms with Crippen LogP contribution in [0.4, 0.5) is 5.82 Å². The van der Waals surface area contributed by atoms with Gasteiger partial charge in [0.05, 0.1) is 11.9 Å². The van der Waals surface area contributed by atoms with Crippen molar-refractivity contribution in [1.29, 1.82) is 0 Å². The van der Waals surface area contributed by atoms with Gasteiger partial charge in [-0.15, -0.1) is 10.2 Å². The minimum Gasteiger partial charge on any atom is -0.352 e. The summed E-state index contributed by atoms with van der Waals surface area (Å²) in [5, 5.41) is 13.2. The lowest BCUT2D eigenvalue weighted by Crippen LogP contribution is -2.18. The number of hydrogen-bond acceptors (Lipinski definition) is 5. The van der Waals surface area contributed by atoms with Gasteiger partial charge in [-0.1, -0.05) is 18.2 Å². The summed E-state index contributed by atoms with van der Waals surface area (Å²) in [6.45, 7) is 0.700. The van der Waals surface area contributed by atoms with Crippen molar-refractivity contribution in [3.05, 3.63) is 66.5 Å². The summed E-state index contributed by atoms with van der Waals surface area (Å²) >= 11 is 0. The largest absolute Gasteiger partial charge is 0.352 e. The summed E-state index contributed by atoms with van der Waals surface area (Å²) in [7, 11) is 2.02. The highest BCUT2D eigenvalue weighted by Crippen LogP contribution is 2.39. The standard InChI is InChI=1S/C19H19N7/c1-24(12-14-11-21-26(13-14)16-5-3-2-4-6-16)18-19-23-22-17(15-7-8-15)25(19)10-9-20-18/h2-6,9-11,13,15H,7-8,12H2,1H3. The molecule has 130 valence electrons. The first kappa shape index (κ1) is 15.1. The van der Waals surface area contributed by atoms with Crippen molar-refractivity contribution >= 4 is 11.5 Å². The molecule has 0 saturated heterocycles. The third kappa shape index (κ3) is 2.61. The molecule has 1 aliphatic carbocycles. The van der Waals surface area contributed by atoms with E-state index in [1.54, 1.807) is 0 Å². The van der Waals surface area contributed by atoms with E-state index in [1.165, 1.54) is 12.8 Å². The average Bonchev–Trinajstić information content (AvgIpc) is 3.25. The van der Waals surface area contributed by atoms with Crippen molar-refractivity contribution in [3.63, 3.8) is 0 Å². The third-order valence-corrected chi connectivity index (χ3v) is 4.72. The molecule has 1 aliphatic rings. The zero-order valence-corrected chi connectivity index (χ0v) is 14.5. The molecule has 5 rings (SSSR count). The fraction of sp³-hybridized carbons (Fsp3) is 0.263. The summed E-state index contributed by atoms with van der Waals surface area (Å²) < 4.78 is 3.96. The van der Waals surface area contributed by atoms with Gasteiger partial charge in [-0.05, 0) is 25.0 Å². The molecular weight excluding hydrogens is 326 g/mol. The molecule has 0 aliphatic heterocycles. The monoisotopic (exact) mass is 345 g/mol. The van der Waals surface area contributed by atoms with E-state index in [9.17, 15) is 0 Å². The summed E-state index contributed by atoms with van der Waals surface area (Å²) in [5.41, 5.74) is 2.97. The molecule has 1 aromatic carbocycles. The van der Waals surface area contributed by atoms with Crippen LogP contribution in [0.15, 0.2) is 55.1 Å². The van der Waals surface area contributed by atoms with E-state index in [0.29, 0.717) is 12.5 Å². The van der Waals surface area contributed by atoms with E-state index in [4.69, 9.17) is 0 Å². The summed E-state index contributed by atoms with van der Waals surface area (Å²) in [5.74, 6) is 2.43. The predicted octanol–water partition coefficient (Wildman–Crippen LogP) is 2.82. The zero-order valence-electron chi connectivity index (χ0n) is 14.5. The van der Waals surface area contributed by atoms with E-state index in [1.807, 2.05) is 66.8 Å². The van der Waals surface area contributed by atoms with Crippen molar-refractivity contribution in [3.8, 4) is 5.69 Å². The van der Waals surface area contributed by atoms with E-state index in [-0.39, 0.29) is 0 Å². The van der Waals surface area contributed by atoms with Gasteiger partial charge in [0.1, 0.15) is 5.82 Å². The van der Waals surface area contributed by atoms with Crippen molar-refractivity contribution < 1.29 is 0 Å². The van der Waals surface area contributed by atoms with E-state index < -0.39 is 0 Å². The fourth-order valence-corrected chi connectivity index (χ4v) is 3.23. The molecule has 7 nitrogen and oxygen atoms in total. The number of benzene rings is 1. The van der Waals surface area contributed by atoms with Gasteiger partial charge in [-0.3, -0.25) is 4.40 Å². The summed E-state index contributed by atoms with van der Waals surface area (Å²) in [6.07, 6.45) is 10.1. The Bertz CT molecular complexity index is 1050. The summed E-state index contributed by atoms with van der Waals surface area (Å²) in [6, 6.07) is 10.1. The van der Waals surface area contributed by atoms with Gasteiger partial charge in [0.25, 0.3) is 0 Å². The van der Waals surface area contributed by atoms with Crippen LogP contribution in [-0.4, -0.2) is 36.4 Å². The average molecular weight is 345 g/mol. The zero-order chi connectivity index (χ0) is 17.5. The molecular formula is C19H19N7. The Kier molecular flexibility index (Phi) is 3.44. The fourth-order valence-electron chi connectivity index (χ4n) is 3.23. The van der Waals surface area contributed by atoms with Crippen molar-refractivity contribution in [2.45, 2.75) is 25.3 Å². The van der Waals surface area contributed by atoms with Gasteiger partial charge >= 0.3 is 0 Å². The maximum atomic E-state index is 4.54. The number of anilines is 1.